The summed E-state index contributed by atoms with van der Waals surface area (Å²) in [5.74, 6) is 1.67. The predicted octanol–water partition coefficient (Wildman–Crippen LogP) is 2.20. The fraction of sp³-hybridized carbons (Fsp3) is 0.385. The van der Waals surface area contributed by atoms with Gasteiger partial charge in [-0.15, -0.1) is 0 Å². The van der Waals surface area contributed by atoms with Crippen LogP contribution in [0.15, 0.2) is 24.3 Å². The number of hydrogen-bond acceptors (Lipinski definition) is 6. The molecular formula is C13H17N3O2S. The minimum absolute atomic E-state index is 0.654. The molecule has 0 saturated carbocycles. The lowest BCUT2D eigenvalue weighted by Crippen LogP contribution is -2.07. The number of anilines is 1. The molecule has 0 aliphatic carbocycles. The summed E-state index contributed by atoms with van der Waals surface area (Å²) in [4.78, 5) is 4.44. The van der Waals surface area contributed by atoms with Gasteiger partial charge >= 0.3 is 0 Å². The standard InChI is InChI=1S/C13H17N3O2S/c1-17-8-7-14-13-15-12(16-19-13)9-10-5-3-4-6-11(10)18-2/h3-6H,7-9H2,1-2H3,(H,14,15,16). The lowest BCUT2D eigenvalue weighted by atomic mass is 10.1. The van der Waals surface area contributed by atoms with Gasteiger partial charge in [-0.05, 0) is 6.07 Å². The SMILES string of the molecule is COCCNc1nc(Cc2ccccc2OC)ns1. The number of nitrogens with one attached hydrogen (secondary N) is 1. The normalized spacial score (nSPS) is 10.4. The average molecular weight is 279 g/mol. The number of ether oxygens (including phenoxy) is 2. The van der Waals surface area contributed by atoms with E-state index in [9.17, 15) is 0 Å². The number of benzene rings is 1. The monoisotopic (exact) mass is 279 g/mol. The Morgan fingerprint density at radius 2 is 2.11 bits per heavy atom. The van der Waals surface area contributed by atoms with Crippen molar-refractivity contribution >= 4 is 16.7 Å². The van der Waals surface area contributed by atoms with Crippen LogP contribution >= 0.6 is 11.5 Å². The van der Waals surface area contributed by atoms with Crippen LogP contribution in [0.4, 0.5) is 5.13 Å². The number of rotatable bonds is 7. The van der Waals surface area contributed by atoms with Crippen molar-refractivity contribution < 1.29 is 9.47 Å². The van der Waals surface area contributed by atoms with Crippen LogP contribution < -0.4 is 10.1 Å². The summed E-state index contributed by atoms with van der Waals surface area (Å²) < 4.78 is 14.6. The molecule has 0 saturated heterocycles. The molecule has 0 bridgehead atoms. The van der Waals surface area contributed by atoms with Gasteiger partial charge in [-0.3, -0.25) is 0 Å². The molecule has 1 heterocycles. The van der Waals surface area contributed by atoms with E-state index in [1.807, 2.05) is 24.3 Å². The Kier molecular flexibility index (Phi) is 5.11. The maximum atomic E-state index is 5.32. The van der Waals surface area contributed by atoms with E-state index in [0.29, 0.717) is 13.0 Å². The molecule has 0 aliphatic heterocycles. The fourth-order valence-corrected chi connectivity index (χ4v) is 2.29. The van der Waals surface area contributed by atoms with E-state index in [-0.39, 0.29) is 0 Å². The molecule has 0 radical (unpaired) electrons. The number of aromatic nitrogens is 2. The van der Waals surface area contributed by atoms with Gasteiger partial charge in [0.15, 0.2) is 0 Å². The van der Waals surface area contributed by atoms with Gasteiger partial charge < -0.3 is 14.8 Å². The molecule has 1 aromatic carbocycles. The van der Waals surface area contributed by atoms with Gasteiger partial charge in [-0.25, -0.2) is 4.98 Å². The third kappa shape index (κ3) is 3.90. The molecule has 0 amide bonds. The van der Waals surface area contributed by atoms with E-state index in [4.69, 9.17) is 9.47 Å². The predicted molar refractivity (Wildman–Crippen MR) is 76.1 cm³/mol. The highest BCUT2D eigenvalue weighted by Gasteiger charge is 2.08. The fourth-order valence-electron chi connectivity index (χ4n) is 1.68. The van der Waals surface area contributed by atoms with Crippen LogP contribution in [0, 0.1) is 0 Å². The maximum absolute atomic E-state index is 5.32. The largest absolute Gasteiger partial charge is 0.496 e. The van der Waals surface area contributed by atoms with Crippen LogP contribution in [-0.4, -0.2) is 36.7 Å². The zero-order valence-electron chi connectivity index (χ0n) is 11.0. The van der Waals surface area contributed by atoms with Crippen molar-refractivity contribution in [2.75, 3.05) is 32.7 Å². The van der Waals surface area contributed by atoms with E-state index in [2.05, 4.69) is 14.7 Å². The van der Waals surface area contributed by atoms with Gasteiger partial charge in [-0.1, -0.05) is 18.2 Å². The minimum Gasteiger partial charge on any atom is -0.496 e. The number of hydrogen-bond donors (Lipinski definition) is 1. The van der Waals surface area contributed by atoms with E-state index in [1.165, 1.54) is 11.5 Å². The highest BCUT2D eigenvalue weighted by molar-refractivity contribution is 7.09. The summed E-state index contributed by atoms with van der Waals surface area (Å²) in [6.07, 6.45) is 0.673. The molecule has 0 spiro atoms. The first-order valence-electron chi connectivity index (χ1n) is 6.00. The summed E-state index contributed by atoms with van der Waals surface area (Å²) in [5, 5.41) is 3.99. The van der Waals surface area contributed by atoms with Gasteiger partial charge in [0.1, 0.15) is 11.6 Å². The second kappa shape index (κ2) is 7.06. The first-order chi connectivity index (χ1) is 9.33. The Labute approximate surface area is 116 Å². The zero-order chi connectivity index (χ0) is 13.5. The van der Waals surface area contributed by atoms with E-state index in [0.717, 1.165) is 28.8 Å². The lowest BCUT2D eigenvalue weighted by molar-refractivity contribution is 0.211. The molecule has 0 aliphatic rings. The molecule has 5 nitrogen and oxygen atoms in total. The zero-order valence-corrected chi connectivity index (χ0v) is 11.9. The highest BCUT2D eigenvalue weighted by Crippen LogP contribution is 2.21. The molecule has 0 atom stereocenters. The second-order valence-corrected chi connectivity index (χ2v) is 4.68. The second-order valence-electron chi connectivity index (χ2n) is 3.92. The molecule has 0 fully saturated rings. The van der Waals surface area contributed by atoms with Crippen molar-refractivity contribution in [2.24, 2.45) is 0 Å². The quantitative estimate of drug-likeness (QED) is 0.787. The van der Waals surface area contributed by atoms with Crippen LogP contribution in [0.5, 0.6) is 5.75 Å². The Hall–Kier alpha value is -1.66. The molecule has 102 valence electrons. The average Bonchev–Trinajstić information content (AvgIpc) is 2.87. The molecule has 0 unspecified atom stereocenters. The molecular weight excluding hydrogens is 262 g/mol. The van der Waals surface area contributed by atoms with Crippen LogP contribution in [-0.2, 0) is 11.2 Å². The first-order valence-corrected chi connectivity index (χ1v) is 6.78. The van der Waals surface area contributed by atoms with Crippen LogP contribution in [0.25, 0.3) is 0 Å². The van der Waals surface area contributed by atoms with Crippen LogP contribution in [0.3, 0.4) is 0 Å². The molecule has 1 aromatic heterocycles. The van der Waals surface area contributed by atoms with Gasteiger partial charge in [0, 0.05) is 37.2 Å². The summed E-state index contributed by atoms with van der Waals surface area (Å²) in [6, 6.07) is 7.91. The molecule has 6 heteroatoms. The van der Waals surface area contributed by atoms with Crippen molar-refractivity contribution in [1.29, 1.82) is 0 Å². The minimum atomic E-state index is 0.654. The van der Waals surface area contributed by atoms with Crippen LogP contribution in [0.2, 0.25) is 0 Å². The Bertz CT molecular complexity index is 516. The first kappa shape index (κ1) is 13.8. The molecule has 19 heavy (non-hydrogen) atoms. The highest BCUT2D eigenvalue weighted by atomic mass is 32.1. The topological polar surface area (TPSA) is 56.3 Å². The Balaban J connectivity index is 1.99. The van der Waals surface area contributed by atoms with E-state index in [1.54, 1.807) is 14.2 Å². The molecule has 2 rings (SSSR count). The summed E-state index contributed by atoms with van der Waals surface area (Å²) in [7, 11) is 3.35. The number of para-hydroxylation sites is 1. The summed E-state index contributed by atoms with van der Waals surface area (Å²) >= 11 is 1.36. The van der Waals surface area contributed by atoms with Crippen molar-refractivity contribution in [3.8, 4) is 5.75 Å². The number of methoxy groups -OCH3 is 2. The Morgan fingerprint density at radius 3 is 2.89 bits per heavy atom. The number of nitrogens with zero attached hydrogens (tertiary/aromatic N) is 2. The van der Waals surface area contributed by atoms with Gasteiger partial charge in [-0.2, -0.15) is 4.37 Å². The van der Waals surface area contributed by atoms with E-state index >= 15 is 0 Å². The summed E-state index contributed by atoms with van der Waals surface area (Å²) in [5.41, 5.74) is 1.09. The van der Waals surface area contributed by atoms with Crippen molar-refractivity contribution in [1.82, 2.24) is 9.36 Å². The maximum Gasteiger partial charge on any atom is 0.202 e. The van der Waals surface area contributed by atoms with E-state index < -0.39 is 0 Å². The van der Waals surface area contributed by atoms with Crippen molar-refractivity contribution in [3.63, 3.8) is 0 Å². The third-order valence-electron chi connectivity index (χ3n) is 2.59. The lowest BCUT2D eigenvalue weighted by Gasteiger charge is -2.05. The third-order valence-corrected chi connectivity index (χ3v) is 3.30. The molecule has 1 N–H and O–H groups in total. The van der Waals surface area contributed by atoms with Gasteiger partial charge in [0.05, 0.1) is 13.7 Å². The smallest absolute Gasteiger partial charge is 0.202 e. The van der Waals surface area contributed by atoms with Gasteiger partial charge in [0.2, 0.25) is 5.13 Å². The Morgan fingerprint density at radius 1 is 1.26 bits per heavy atom. The van der Waals surface area contributed by atoms with Crippen molar-refractivity contribution in [2.45, 2.75) is 6.42 Å². The molecule has 2 aromatic rings. The van der Waals surface area contributed by atoms with Crippen LogP contribution in [0.1, 0.15) is 11.4 Å². The summed E-state index contributed by atoms with van der Waals surface area (Å²) in [6.45, 7) is 1.39. The van der Waals surface area contributed by atoms with Crippen molar-refractivity contribution in [3.05, 3.63) is 35.7 Å². The van der Waals surface area contributed by atoms with Gasteiger partial charge in [0.25, 0.3) is 0 Å².